The van der Waals surface area contributed by atoms with E-state index in [4.69, 9.17) is 0 Å². The highest BCUT2D eigenvalue weighted by Crippen LogP contribution is 2.39. The van der Waals surface area contributed by atoms with Gasteiger partial charge in [0.2, 0.25) is 0 Å². The first kappa shape index (κ1) is 26.2. The molecule has 0 bridgehead atoms. The average molecular weight is 478 g/mol. The first-order valence-electron chi connectivity index (χ1n) is 12.4. The number of hydrogen-bond acceptors (Lipinski definition) is 4. The largest absolute Gasteiger partial charge is 0.372 e. The average Bonchev–Trinajstić information content (AvgIpc) is 2.83. The summed E-state index contributed by atoms with van der Waals surface area (Å²) in [5.74, 6) is -0.948. The molecule has 0 atom stereocenters. The zero-order valence-corrected chi connectivity index (χ0v) is 21.6. The first-order chi connectivity index (χ1) is 16.7. The van der Waals surface area contributed by atoms with Gasteiger partial charge in [0, 0.05) is 55.1 Å². The molecular formula is C29H36FN3O2. The molecule has 0 aliphatic rings. The monoisotopic (exact) mass is 477 g/mol. The SMILES string of the molecule is CCN(CC)c1ccc(C(c2ccc(N(CC)CC)cc2C)c2ccc([N+](=O)[O-])cc2F)c(C)c1. The highest BCUT2D eigenvalue weighted by atomic mass is 19.1. The summed E-state index contributed by atoms with van der Waals surface area (Å²) in [6.45, 7) is 16.2. The molecule has 0 unspecified atom stereocenters. The van der Waals surface area contributed by atoms with Crippen molar-refractivity contribution in [3.63, 3.8) is 0 Å². The molecule has 0 fully saturated rings. The lowest BCUT2D eigenvalue weighted by Crippen LogP contribution is -2.22. The molecule has 0 aromatic heterocycles. The van der Waals surface area contributed by atoms with Gasteiger partial charge in [-0.15, -0.1) is 0 Å². The quantitative estimate of drug-likeness (QED) is 0.176. The fraction of sp³-hybridized carbons (Fsp3) is 0.379. The number of nitro benzene ring substituents is 1. The standard InChI is InChI=1S/C29H36FN3O2/c1-7-31(8-2)22-11-14-25(20(5)17-22)29(27-16-13-24(33(34)35)19-28(27)30)26-15-12-23(18-21(26)6)32(9-3)10-4/h11-19,29H,7-10H2,1-6H3. The van der Waals surface area contributed by atoms with Crippen molar-refractivity contribution >= 4 is 17.1 Å². The smallest absolute Gasteiger partial charge is 0.272 e. The number of halogens is 1. The number of rotatable bonds is 10. The minimum Gasteiger partial charge on any atom is -0.372 e. The minimum atomic E-state index is -0.566. The summed E-state index contributed by atoms with van der Waals surface area (Å²) in [5, 5.41) is 11.2. The number of nitro groups is 1. The van der Waals surface area contributed by atoms with Crippen LogP contribution in [0, 0.1) is 29.8 Å². The zero-order valence-electron chi connectivity index (χ0n) is 21.6. The Morgan fingerprint density at radius 3 is 1.51 bits per heavy atom. The van der Waals surface area contributed by atoms with Crippen LogP contribution < -0.4 is 9.80 Å². The van der Waals surface area contributed by atoms with Gasteiger partial charge in [-0.25, -0.2) is 4.39 Å². The van der Waals surface area contributed by atoms with Crippen LogP contribution in [0.3, 0.4) is 0 Å². The van der Waals surface area contributed by atoms with Crippen molar-refractivity contribution in [3.05, 3.63) is 98.3 Å². The molecule has 3 aromatic rings. The Kier molecular flexibility index (Phi) is 8.49. The van der Waals surface area contributed by atoms with E-state index in [0.717, 1.165) is 65.9 Å². The maximum Gasteiger partial charge on any atom is 0.272 e. The van der Waals surface area contributed by atoms with Crippen LogP contribution in [0.4, 0.5) is 21.5 Å². The third kappa shape index (κ3) is 5.47. The number of benzene rings is 3. The fourth-order valence-electron chi connectivity index (χ4n) is 4.90. The van der Waals surface area contributed by atoms with Gasteiger partial charge < -0.3 is 9.80 Å². The van der Waals surface area contributed by atoms with E-state index in [1.807, 2.05) is 0 Å². The van der Waals surface area contributed by atoms with Gasteiger partial charge in [-0.3, -0.25) is 10.1 Å². The summed E-state index contributed by atoms with van der Waals surface area (Å²) < 4.78 is 15.4. The van der Waals surface area contributed by atoms with Crippen molar-refractivity contribution in [2.45, 2.75) is 47.5 Å². The molecule has 6 heteroatoms. The van der Waals surface area contributed by atoms with Crippen molar-refractivity contribution in [3.8, 4) is 0 Å². The Morgan fingerprint density at radius 1 is 0.743 bits per heavy atom. The second kappa shape index (κ2) is 11.3. The van der Waals surface area contributed by atoms with Crippen molar-refractivity contribution in [1.82, 2.24) is 0 Å². The van der Waals surface area contributed by atoms with Crippen LogP contribution in [-0.4, -0.2) is 31.1 Å². The summed E-state index contributed by atoms with van der Waals surface area (Å²) in [6, 6.07) is 16.6. The third-order valence-corrected chi connectivity index (χ3v) is 6.89. The van der Waals surface area contributed by atoms with Crippen LogP contribution in [0.2, 0.25) is 0 Å². The maximum atomic E-state index is 15.4. The van der Waals surface area contributed by atoms with E-state index in [9.17, 15) is 10.1 Å². The summed E-state index contributed by atoms with van der Waals surface area (Å²) in [6.07, 6.45) is 0. The van der Waals surface area contributed by atoms with Gasteiger partial charge in [0.15, 0.2) is 0 Å². The number of hydrogen-bond donors (Lipinski definition) is 0. The maximum absolute atomic E-state index is 15.4. The number of non-ortho nitro benzene ring substituents is 1. The van der Waals surface area contributed by atoms with Gasteiger partial charge in [0.1, 0.15) is 5.82 Å². The molecule has 3 rings (SSSR count). The number of anilines is 2. The van der Waals surface area contributed by atoms with Crippen LogP contribution in [0.5, 0.6) is 0 Å². The van der Waals surface area contributed by atoms with E-state index in [2.05, 4.69) is 87.7 Å². The van der Waals surface area contributed by atoms with Crippen molar-refractivity contribution in [2.75, 3.05) is 36.0 Å². The molecule has 0 amide bonds. The van der Waals surface area contributed by atoms with Crippen LogP contribution in [-0.2, 0) is 0 Å². The summed E-state index contributed by atoms with van der Waals surface area (Å²) in [4.78, 5) is 15.2. The van der Waals surface area contributed by atoms with Crippen LogP contribution in [0.15, 0.2) is 54.6 Å². The first-order valence-corrected chi connectivity index (χ1v) is 12.4. The molecular weight excluding hydrogens is 441 g/mol. The van der Waals surface area contributed by atoms with E-state index >= 15 is 4.39 Å². The van der Waals surface area contributed by atoms with Crippen molar-refractivity contribution in [2.24, 2.45) is 0 Å². The van der Waals surface area contributed by atoms with Gasteiger partial charge in [-0.2, -0.15) is 0 Å². The second-order valence-corrected chi connectivity index (χ2v) is 8.82. The summed E-state index contributed by atoms with van der Waals surface area (Å²) in [7, 11) is 0. The Bertz CT molecular complexity index is 1130. The van der Waals surface area contributed by atoms with Gasteiger partial charge in [0.05, 0.1) is 11.0 Å². The van der Waals surface area contributed by atoms with E-state index < -0.39 is 10.7 Å². The Morgan fingerprint density at radius 2 is 1.17 bits per heavy atom. The molecule has 0 saturated heterocycles. The normalized spacial score (nSPS) is 11.1. The molecule has 0 N–H and O–H groups in total. The highest BCUT2D eigenvalue weighted by Gasteiger charge is 2.25. The molecule has 0 aliphatic carbocycles. The number of aryl methyl sites for hydroxylation is 2. The number of nitrogens with zero attached hydrogens (tertiary/aromatic N) is 3. The molecule has 0 saturated carbocycles. The van der Waals surface area contributed by atoms with Gasteiger partial charge in [-0.05, 0) is 94.1 Å². The molecule has 0 aliphatic heterocycles. The third-order valence-electron chi connectivity index (χ3n) is 6.89. The van der Waals surface area contributed by atoms with E-state index in [1.54, 1.807) is 6.07 Å². The Labute approximate surface area is 208 Å². The molecule has 0 heterocycles. The highest BCUT2D eigenvalue weighted by molar-refractivity contribution is 5.59. The van der Waals surface area contributed by atoms with E-state index in [-0.39, 0.29) is 11.6 Å². The van der Waals surface area contributed by atoms with Gasteiger partial charge in [0.25, 0.3) is 5.69 Å². The molecule has 35 heavy (non-hydrogen) atoms. The van der Waals surface area contributed by atoms with Crippen LogP contribution >= 0.6 is 0 Å². The van der Waals surface area contributed by atoms with Gasteiger partial charge in [-0.1, -0.05) is 12.1 Å². The Balaban J connectivity index is 2.21. The van der Waals surface area contributed by atoms with Crippen LogP contribution in [0.1, 0.15) is 61.4 Å². The molecule has 5 nitrogen and oxygen atoms in total. The molecule has 0 radical (unpaired) electrons. The minimum absolute atomic E-state index is 0.243. The Hall–Kier alpha value is -3.41. The summed E-state index contributed by atoms with van der Waals surface area (Å²) in [5.41, 5.74) is 6.56. The summed E-state index contributed by atoms with van der Waals surface area (Å²) >= 11 is 0. The predicted octanol–water partition coefficient (Wildman–Crippen LogP) is 7.22. The van der Waals surface area contributed by atoms with E-state index in [0.29, 0.717) is 5.56 Å². The van der Waals surface area contributed by atoms with Gasteiger partial charge >= 0.3 is 0 Å². The molecule has 0 spiro atoms. The van der Waals surface area contributed by atoms with Crippen LogP contribution in [0.25, 0.3) is 0 Å². The lowest BCUT2D eigenvalue weighted by atomic mass is 9.80. The molecule has 186 valence electrons. The van der Waals surface area contributed by atoms with Crippen molar-refractivity contribution < 1.29 is 9.31 Å². The topological polar surface area (TPSA) is 49.6 Å². The zero-order chi connectivity index (χ0) is 25.7. The molecule has 3 aromatic carbocycles. The fourth-order valence-corrected chi connectivity index (χ4v) is 4.90. The lowest BCUT2D eigenvalue weighted by Gasteiger charge is -2.27. The van der Waals surface area contributed by atoms with Crippen molar-refractivity contribution in [1.29, 1.82) is 0 Å². The lowest BCUT2D eigenvalue weighted by molar-refractivity contribution is -0.385. The van der Waals surface area contributed by atoms with E-state index in [1.165, 1.54) is 6.07 Å². The second-order valence-electron chi connectivity index (χ2n) is 8.82. The predicted molar refractivity (Wildman–Crippen MR) is 143 cm³/mol.